The Bertz CT molecular complexity index is 520. The minimum atomic E-state index is 0.144. The van der Waals surface area contributed by atoms with Gasteiger partial charge in [0.25, 0.3) is 0 Å². The van der Waals surface area contributed by atoms with Crippen LogP contribution in [0.2, 0.25) is 0 Å². The summed E-state index contributed by atoms with van der Waals surface area (Å²) in [7, 11) is 3.94. The molecule has 2 aromatic rings. The molecule has 0 fully saturated rings. The summed E-state index contributed by atoms with van der Waals surface area (Å²) in [5.41, 5.74) is 4.97. The maximum absolute atomic E-state index is 4.29. The largest absolute Gasteiger partial charge is 0.308 e. The van der Waals surface area contributed by atoms with Crippen molar-refractivity contribution in [1.82, 2.24) is 15.1 Å². The molecule has 0 aliphatic carbocycles. The Balaban J connectivity index is 2.52. The summed E-state index contributed by atoms with van der Waals surface area (Å²) in [5, 5.41) is 7.65. The third-order valence-corrected chi connectivity index (χ3v) is 3.69. The van der Waals surface area contributed by atoms with Crippen LogP contribution < -0.4 is 5.32 Å². The van der Waals surface area contributed by atoms with Gasteiger partial charge in [0, 0.05) is 7.05 Å². The summed E-state index contributed by atoms with van der Waals surface area (Å²) >= 11 is 3.57. The van der Waals surface area contributed by atoms with E-state index in [0.717, 1.165) is 10.2 Å². The average molecular weight is 308 g/mol. The van der Waals surface area contributed by atoms with Crippen molar-refractivity contribution in [2.24, 2.45) is 7.05 Å². The predicted molar refractivity (Wildman–Crippen MR) is 77.7 cm³/mol. The normalized spacial score (nSPS) is 12.7. The lowest BCUT2D eigenvalue weighted by Crippen LogP contribution is -2.21. The fraction of sp³-hybridized carbons (Fsp3) is 0.357. The first kappa shape index (κ1) is 13.3. The van der Waals surface area contributed by atoms with Crippen LogP contribution in [0.15, 0.2) is 28.9 Å². The van der Waals surface area contributed by atoms with E-state index < -0.39 is 0 Å². The van der Waals surface area contributed by atoms with E-state index in [1.54, 1.807) is 0 Å². The minimum Gasteiger partial charge on any atom is -0.308 e. The first-order valence-electron chi connectivity index (χ1n) is 5.95. The molecule has 1 heterocycles. The number of benzene rings is 1. The Morgan fingerprint density at radius 1 is 1.22 bits per heavy atom. The monoisotopic (exact) mass is 307 g/mol. The molecule has 1 unspecified atom stereocenters. The molecule has 4 heteroatoms. The molecule has 0 aliphatic rings. The van der Waals surface area contributed by atoms with Crippen LogP contribution in [0.3, 0.4) is 0 Å². The third kappa shape index (κ3) is 2.49. The van der Waals surface area contributed by atoms with Crippen LogP contribution in [0, 0.1) is 13.8 Å². The lowest BCUT2D eigenvalue weighted by molar-refractivity contribution is 0.603. The van der Waals surface area contributed by atoms with Gasteiger partial charge in [0.2, 0.25) is 0 Å². The molecule has 0 amide bonds. The second-order valence-corrected chi connectivity index (χ2v) is 5.50. The lowest BCUT2D eigenvalue weighted by Gasteiger charge is -2.19. The van der Waals surface area contributed by atoms with E-state index in [2.05, 4.69) is 58.4 Å². The highest BCUT2D eigenvalue weighted by atomic mass is 79.9. The van der Waals surface area contributed by atoms with E-state index in [1.165, 1.54) is 16.7 Å². The Hall–Kier alpha value is -1.13. The summed E-state index contributed by atoms with van der Waals surface area (Å²) < 4.78 is 2.94. The second kappa shape index (κ2) is 5.24. The Kier molecular flexibility index (Phi) is 3.88. The highest BCUT2D eigenvalue weighted by Gasteiger charge is 2.19. The van der Waals surface area contributed by atoms with Crippen LogP contribution in [0.5, 0.6) is 0 Å². The molecule has 0 bridgehead atoms. The number of hydrogen-bond donors (Lipinski definition) is 1. The summed E-state index contributed by atoms with van der Waals surface area (Å²) in [6, 6.07) is 6.76. The molecule has 0 spiro atoms. The van der Waals surface area contributed by atoms with Gasteiger partial charge in [-0.1, -0.05) is 29.3 Å². The fourth-order valence-corrected chi connectivity index (χ4v) is 2.96. The molecule has 1 aromatic carbocycles. The maximum atomic E-state index is 4.29. The van der Waals surface area contributed by atoms with Gasteiger partial charge < -0.3 is 5.32 Å². The lowest BCUT2D eigenvalue weighted by atomic mass is 9.99. The van der Waals surface area contributed by atoms with Gasteiger partial charge in [-0.15, -0.1) is 0 Å². The number of rotatable bonds is 3. The highest BCUT2D eigenvalue weighted by molar-refractivity contribution is 9.10. The average Bonchev–Trinajstić information content (AvgIpc) is 2.61. The maximum Gasteiger partial charge on any atom is 0.0757 e. The highest BCUT2D eigenvalue weighted by Crippen LogP contribution is 2.28. The zero-order valence-corrected chi connectivity index (χ0v) is 12.7. The van der Waals surface area contributed by atoms with Crippen LogP contribution in [0.4, 0.5) is 0 Å². The molecule has 0 aliphatic heterocycles. The van der Waals surface area contributed by atoms with Crippen molar-refractivity contribution in [3.63, 3.8) is 0 Å². The SMILES string of the molecule is CNC(c1cc(C)cc(C)c1)c1c(Br)cnn1C. The Morgan fingerprint density at radius 2 is 1.83 bits per heavy atom. The summed E-state index contributed by atoms with van der Waals surface area (Å²) in [6.45, 7) is 4.25. The number of halogens is 1. The van der Waals surface area contributed by atoms with Gasteiger partial charge in [0.15, 0.2) is 0 Å². The molecule has 3 nitrogen and oxygen atoms in total. The number of nitrogens with one attached hydrogen (secondary N) is 1. The topological polar surface area (TPSA) is 29.9 Å². The van der Waals surface area contributed by atoms with Crippen molar-refractivity contribution in [2.75, 3.05) is 7.05 Å². The van der Waals surface area contributed by atoms with Gasteiger partial charge in [0.05, 0.1) is 22.4 Å². The number of nitrogens with zero attached hydrogens (tertiary/aromatic N) is 2. The Morgan fingerprint density at radius 3 is 2.28 bits per heavy atom. The van der Waals surface area contributed by atoms with Crippen LogP contribution in [-0.2, 0) is 7.05 Å². The standard InChI is InChI=1S/C14H18BrN3/c1-9-5-10(2)7-11(6-9)13(16-3)14-12(15)8-17-18(14)4/h5-8,13,16H,1-4H3. The van der Waals surface area contributed by atoms with Crippen molar-refractivity contribution < 1.29 is 0 Å². The molecule has 1 atom stereocenters. The summed E-state index contributed by atoms with van der Waals surface area (Å²) in [4.78, 5) is 0. The first-order chi connectivity index (χ1) is 8.52. The van der Waals surface area contributed by atoms with Gasteiger partial charge >= 0.3 is 0 Å². The van der Waals surface area contributed by atoms with Crippen molar-refractivity contribution >= 4 is 15.9 Å². The molecule has 0 saturated heterocycles. The quantitative estimate of drug-likeness (QED) is 0.944. The zero-order chi connectivity index (χ0) is 13.3. The molecular formula is C14H18BrN3. The van der Waals surface area contributed by atoms with E-state index in [1.807, 2.05) is 25.0 Å². The van der Waals surface area contributed by atoms with E-state index in [0.29, 0.717) is 0 Å². The van der Waals surface area contributed by atoms with Gasteiger partial charge in [-0.2, -0.15) is 5.10 Å². The molecule has 0 radical (unpaired) electrons. The van der Waals surface area contributed by atoms with Crippen LogP contribution in [0.25, 0.3) is 0 Å². The van der Waals surface area contributed by atoms with E-state index in [-0.39, 0.29) is 6.04 Å². The van der Waals surface area contributed by atoms with Crippen molar-refractivity contribution in [2.45, 2.75) is 19.9 Å². The van der Waals surface area contributed by atoms with Crippen molar-refractivity contribution in [3.8, 4) is 0 Å². The molecule has 1 aromatic heterocycles. The number of hydrogen-bond acceptors (Lipinski definition) is 2. The Labute approximate surface area is 116 Å². The van der Waals surface area contributed by atoms with E-state index in [9.17, 15) is 0 Å². The van der Waals surface area contributed by atoms with E-state index in [4.69, 9.17) is 0 Å². The summed E-state index contributed by atoms with van der Waals surface area (Å²) in [6.07, 6.45) is 1.84. The second-order valence-electron chi connectivity index (χ2n) is 4.64. The molecule has 96 valence electrons. The molecule has 18 heavy (non-hydrogen) atoms. The molecular weight excluding hydrogens is 290 g/mol. The number of aryl methyl sites for hydroxylation is 3. The van der Waals surface area contributed by atoms with E-state index >= 15 is 0 Å². The predicted octanol–water partition coefficient (Wildman–Crippen LogP) is 3.11. The zero-order valence-electron chi connectivity index (χ0n) is 11.2. The molecule has 2 rings (SSSR count). The van der Waals surface area contributed by atoms with Crippen LogP contribution >= 0.6 is 15.9 Å². The van der Waals surface area contributed by atoms with Gasteiger partial charge in [-0.3, -0.25) is 4.68 Å². The van der Waals surface area contributed by atoms with Gasteiger partial charge in [-0.05, 0) is 42.4 Å². The van der Waals surface area contributed by atoms with Crippen molar-refractivity contribution in [3.05, 3.63) is 51.3 Å². The minimum absolute atomic E-state index is 0.144. The first-order valence-corrected chi connectivity index (χ1v) is 6.75. The smallest absolute Gasteiger partial charge is 0.0757 e. The number of aromatic nitrogens is 2. The summed E-state index contributed by atoms with van der Waals surface area (Å²) in [5.74, 6) is 0. The van der Waals surface area contributed by atoms with Crippen LogP contribution in [-0.4, -0.2) is 16.8 Å². The fourth-order valence-electron chi connectivity index (χ4n) is 2.38. The van der Waals surface area contributed by atoms with Crippen LogP contribution in [0.1, 0.15) is 28.4 Å². The van der Waals surface area contributed by atoms with Gasteiger partial charge in [0.1, 0.15) is 0 Å². The molecule has 0 saturated carbocycles. The third-order valence-electron chi connectivity index (χ3n) is 3.08. The van der Waals surface area contributed by atoms with Crippen molar-refractivity contribution in [1.29, 1.82) is 0 Å². The van der Waals surface area contributed by atoms with Gasteiger partial charge in [-0.25, -0.2) is 0 Å². The molecule has 1 N–H and O–H groups in total.